The van der Waals surface area contributed by atoms with Crippen LogP contribution in [0, 0.1) is 5.41 Å². The molecule has 0 fully saturated rings. The van der Waals surface area contributed by atoms with Crippen LogP contribution in [0.15, 0.2) is 24.3 Å². The molecule has 118 valence electrons. The zero-order valence-corrected chi connectivity index (χ0v) is 13.6. The van der Waals surface area contributed by atoms with Crippen LogP contribution in [-0.4, -0.2) is 17.6 Å². The quantitative estimate of drug-likeness (QED) is 0.640. The van der Waals surface area contributed by atoms with Crippen molar-refractivity contribution in [2.75, 3.05) is 6.54 Å². The number of unbranched alkanes of at least 4 members (excludes halogenated alkanes) is 2. The second kappa shape index (κ2) is 8.83. The van der Waals surface area contributed by atoms with Crippen LogP contribution in [0.1, 0.15) is 57.6 Å². The Morgan fingerprint density at radius 1 is 1.14 bits per heavy atom. The van der Waals surface area contributed by atoms with E-state index in [1.54, 1.807) is 0 Å². The molecule has 1 rings (SSSR count). The summed E-state index contributed by atoms with van der Waals surface area (Å²) < 4.78 is 0. The standard InChI is InChI=1S/C18H29NO2/c1-4-5-6-11-18(2,3)14-19-13-16-9-7-15(8-10-16)12-17(20)21/h7-10,19H,4-6,11-14H2,1-3H3,(H,20,21). The van der Waals surface area contributed by atoms with Gasteiger partial charge in [-0.15, -0.1) is 0 Å². The van der Waals surface area contributed by atoms with E-state index in [1.807, 2.05) is 24.3 Å². The highest BCUT2D eigenvalue weighted by atomic mass is 16.4. The summed E-state index contributed by atoms with van der Waals surface area (Å²) in [6, 6.07) is 7.82. The number of nitrogens with one attached hydrogen (secondary N) is 1. The third-order valence-electron chi connectivity index (χ3n) is 3.77. The average Bonchev–Trinajstić information content (AvgIpc) is 2.40. The summed E-state index contributed by atoms with van der Waals surface area (Å²) in [5, 5.41) is 12.3. The molecular formula is C18H29NO2. The van der Waals surface area contributed by atoms with E-state index in [2.05, 4.69) is 26.1 Å². The van der Waals surface area contributed by atoms with Gasteiger partial charge in [0.1, 0.15) is 0 Å². The van der Waals surface area contributed by atoms with E-state index in [0.29, 0.717) is 5.41 Å². The number of rotatable bonds is 10. The minimum absolute atomic E-state index is 0.0954. The van der Waals surface area contributed by atoms with E-state index in [1.165, 1.54) is 31.2 Å². The number of carboxylic acids is 1. The van der Waals surface area contributed by atoms with Crippen molar-refractivity contribution in [3.05, 3.63) is 35.4 Å². The smallest absolute Gasteiger partial charge is 0.307 e. The van der Waals surface area contributed by atoms with Gasteiger partial charge in [0.2, 0.25) is 0 Å². The van der Waals surface area contributed by atoms with Crippen molar-refractivity contribution < 1.29 is 9.90 Å². The molecule has 21 heavy (non-hydrogen) atoms. The molecule has 0 heterocycles. The summed E-state index contributed by atoms with van der Waals surface area (Å²) in [4.78, 5) is 10.6. The summed E-state index contributed by atoms with van der Waals surface area (Å²) in [6.45, 7) is 8.70. The lowest BCUT2D eigenvalue weighted by Gasteiger charge is -2.25. The highest BCUT2D eigenvalue weighted by molar-refractivity contribution is 5.70. The van der Waals surface area contributed by atoms with Crippen molar-refractivity contribution in [3.63, 3.8) is 0 Å². The maximum atomic E-state index is 10.6. The van der Waals surface area contributed by atoms with Gasteiger partial charge in [-0.3, -0.25) is 4.79 Å². The fourth-order valence-electron chi connectivity index (χ4n) is 2.44. The molecule has 0 aliphatic carbocycles. The lowest BCUT2D eigenvalue weighted by Crippen LogP contribution is -2.29. The Kier molecular flexibility index (Phi) is 7.44. The predicted molar refractivity (Wildman–Crippen MR) is 87.4 cm³/mol. The molecule has 0 aliphatic rings. The van der Waals surface area contributed by atoms with Gasteiger partial charge in [0.05, 0.1) is 6.42 Å². The van der Waals surface area contributed by atoms with Crippen molar-refractivity contribution in [3.8, 4) is 0 Å². The second-order valence-electron chi connectivity index (χ2n) is 6.61. The Morgan fingerprint density at radius 3 is 2.33 bits per heavy atom. The predicted octanol–water partition coefficient (Wildman–Crippen LogP) is 4.01. The highest BCUT2D eigenvalue weighted by Gasteiger charge is 2.16. The Bertz CT molecular complexity index is 423. The maximum Gasteiger partial charge on any atom is 0.307 e. The van der Waals surface area contributed by atoms with Gasteiger partial charge in [-0.2, -0.15) is 0 Å². The van der Waals surface area contributed by atoms with Gasteiger partial charge in [-0.1, -0.05) is 64.3 Å². The SMILES string of the molecule is CCCCCC(C)(C)CNCc1ccc(CC(=O)O)cc1. The molecule has 0 atom stereocenters. The molecule has 0 saturated carbocycles. The summed E-state index contributed by atoms with van der Waals surface area (Å²) in [5.74, 6) is -0.783. The van der Waals surface area contributed by atoms with Crippen molar-refractivity contribution in [1.29, 1.82) is 0 Å². The number of carbonyl (C=O) groups is 1. The van der Waals surface area contributed by atoms with Crippen LogP contribution in [0.5, 0.6) is 0 Å². The minimum Gasteiger partial charge on any atom is -0.481 e. The number of hydrogen-bond donors (Lipinski definition) is 2. The average molecular weight is 291 g/mol. The maximum absolute atomic E-state index is 10.6. The van der Waals surface area contributed by atoms with Crippen LogP contribution in [0.2, 0.25) is 0 Å². The Hall–Kier alpha value is -1.35. The van der Waals surface area contributed by atoms with Crippen LogP contribution in [0.3, 0.4) is 0 Å². The summed E-state index contributed by atoms with van der Waals surface area (Å²) in [5.41, 5.74) is 2.39. The van der Waals surface area contributed by atoms with Crippen LogP contribution in [0.4, 0.5) is 0 Å². The van der Waals surface area contributed by atoms with Crippen LogP contribution < -0.4 is 5.32 Å². The molecule has 2 N–H and O–H groups in total. The molecule has 3 heteroatoms. The third-order valence-corrected chi connectivity index (χ3v) is 3.77. The minimum atomic E-state index is -0.783. The molecule has 0 bridgehead atoms. The zero-order valence-electron chi connectivity index (χ0n) is 13.6. The Morgan fingerprint density at radius 2 is 1.76 bits per heavy atom. The molecule has 3 nitrogen and oxygen atoms in total. The molecule has 0 radical (unpaired) electrons. The van der Waals surface area contributed by atoms with Gasteiger partial charge < -0.3 is 10.4 Å². The molecular weight excluding hydrogens is 262 g/mol. The number of aliphatic carboxylic acids is 1. The van der Waals surface area contributed by atoms with Gasteiger partial charge in [-0.05, 0) is 23.0 Å². The molecule has 1 aromatic carbocycles. The van der Waals surface area contributed by atoms with E-state index in [0.717, 1.165) is 18.7 Å². The van der Waals surface area contributed by atoms with Crippen molar-refractivity contribution in [1.82, 2.24) is 5.32 Å². The van der Waals surface area contributed by atoms with Gasteiger partial charge in [0.15, 0.2) is 0 Å². The van der Waals surface area contributed by atoms with Gasteiger partial charge >= 0.3 is 5.97 Å². The largest absolute Gasteiger partial charge is 0.481 e. The zero-order chi connectivity index (χ0) is 15.7. The molecule has 0 saturated heterocycles. The summed E-state index contributed by atoms with van der Waals surface area (Å²) >= 11 is 0. The second-order valence-corrected chi connectivity index (χ2v) is 6.61. The number of benzene rings is 1. The van der Waals surface area contributed by atoms with Gasteiger partial charge in [0, 0.05) is 13.1 Å². The van der Waals surface area contributed by atoms with Gasteiger partial charge in [0.25, 0.3) is 0 Å². The molecule has 0 amide bonds. The highest BCUT2D eigenvalue weighted by Crippen LogP contribution is 2.22. The first-order chi connectivity index (χ1) is 9.93. The van der Waals surface area contributed by atoms with Crippen LogP contribution in [0.25, 0.3) is 0 Å². The van der Waals surface area contributed by atoms with E-state index >= 15 is 0 Å². The first-order valence-corrected chi connectivity index (χ1v) is 7.93. The van der Waals surface area contributed by atoms with Crippen molar-refractivity contribution in [2.45, 2.75) is 59.4 Å². The van der Waals surface area contributed by atoms with E-state index in [9.17, 15) is 4.79 Å². The molecule has 0 unspecified atom stereocenters. The monoisotopic (exact) mass is 291 g/mol. The van der Waals surface area contributed by atoms with E-state index < -0.39 is 5.97 Å². The number of hydrogen-bond acceptors (Lipinski definition) is 2. The summed E-state index contributed by atoms with van der Waals surface area (Å²) in [6.07, 6.45) is 5.24. The Labute approximate surface area is 128 Å². The van der Waals surface area contributed by atoms with E-state index in [-0.39, 0.29) is 6.42 Å². The first kappa shape index (κ1) is 17.7. The van der Waals surface area contributed by atoms with E-state index in [4.69, 9.17) is 5.11 Å². The van der Waals surface area contributed by atoms with Gasteiger partial charge in [-0.25, -0.2) is 0 Å². The molecule has 0 spiro atoms. The van der Waals surface area contributed by atoms with Crippen LogP contribution >= 0.6 is 0 Å². The third kappa shape index (κ3) is 7.86. The topological polar surface area (TPSA) is 49.3 Å². The lowest BCUT2D eigenvalue weighted by molar-refractivity contribution is -0.136. The Balaban J connectivity index is 2.33. The molecule has 0 aromatic heterocycles. The van der Waals surface area contributed by atoms with Crippen molar-refractivity contribution in [2.24, 2.45) is 5.41 Å². The molecule has 0 aliphatic heterocycles. The summed E-state index contributed by atoms with van der Waals surface area (Å²) in [7, 11) is 0. The van der Waals surface area contributed by atoms with Crippen molar-refractivity contribution >= 4 is 5.97 Å². The lowest BCUT2D eigenvalue weighted by atomic mass is 9.87. The fraction of sp³-hybridized carbons (Fsp3) is 0.611. The number of carboxylic acid groups (broad SMARTS) is 1. The molecule has 1 aromatic rings. The van der Waals surface area contributed by atoms with Crippen LogP contribution in [-0.2, 0) is 17.8 Å². The fourth-order valence-corrected chi connectivity index (χ4v) is 2.44. The normalized spacial score (nSPS) is 11.6. The first-order valence-electron chi connectivity index (χ1n) is 7.93.